The fourth-order valence-electron chi connectivity index (χ4n) is 2.81. The summed E-state index contributed by atoms with van der Waals surface area (Å²) in [4.78, 5) is 0. The van der Waals surface area contributed by atoms with Crippen molar-refractivity contribution in [1.29, 1.82) is 0 Å². The summed E-state index contributed by atoms with van der Waals surface area (Å²) >= 11 is 0. The first-order chi connectivity index (χ1) is 10.4. The zero-order valence-corrected chi connectivity index (χ0v) is 19.4. The minimum absolute atomic E-state index is 0. The molecule has 0 aliphatic carbocycles. The van der Waals surface area contributed by atoms with Crippen LogP contribution in [0.2, 0.25) is 0 Å². The van der Waals surface area contributed by atoms with Gasteiger partial charge in [0.1, 0.15) is 0 Å². The van der Waals surface area contributed by atoms with Gasteiger partial charge in [-0.25, -0.2) is 8.42 Å². The topological polar surface area (TPSA) is 77.4 Å². The number of rotatable bonds is 15. The molecule has 0 fully saturated rings. The van der Waals surface area contributed by atoms with Gasteiger partial charge in [-0.3, -0.25) is 0 Å². The van der Waals surface area contributed by atoms with Crippen molar-refractivity contribution in [3.8, 4) is 0 Å². The van der Waals surface area contributed by atoms with Crippen LogP contribution in [-0.2, 0) is 10.1 Å². The Morgan fingerprint density at radius 3 is 1.74 bits per heavy atom. The maximum atomic E-state index is 11.2. The molecule has 4 nitrogen and oxygen atoms in total. The molecule has 1 N–H and O–H groups in total. The third-order valence-electron chi connectivity index (χ3n) is 4.22. The van der Waals surface area contributed by atoms with Crippen molar-refractivity contribution in [3.05, 3.63) is 0 Å². The Hall–Kier alpha value is 1.51. The van der Waals surface area contributed by atoms with Gasteiger partial charge in [-0.05, 0) is 25.7 Å². The monoisotopic (exact) mass is 374 g/mol. The van der Waals surface area contributed by atoms with E-state index in [0.717, 1.165) is 70.6 Å². The maximum absolute atomic E-state index is 11.2. The van der Waals surface area contributed by atoms with Gasteiger partial charge in [-0.15, -0.1) is 0 Å². The quantitative estimate of drug-likeness (QED) is 0.267. The molecule has 0 aliphatic heterocycles. The number of hydrogen-bond donors (Lipinski definition) is 1. The Balaban J connectivity index is 0. The van der Waals surface area contributed by atoms with Crippen LogP contribution in [-0.4, -0.2) is 29.4 Å². The van der Waals surface area contributed by atoms with Gasteiger partial charge in [-0.2, -0.15) is 0 Å². The average molecular weight is 375 g/mol. The summed E-state index contributed by atoms with van der Waals surface area (Å²) in [5, 5.41) is 8.93. The van der Waals surface area contributed by atoms with E-state index in [4.69, 9.17) is 0 Å². The molecule has 2 unspecified atom stereocenters. The molecular formula is C17H35KO4S. The minimum atomic E-state index is -4.14. The molecule has 0 aromatic carbocycles. The molecule has 0 heterocycles. The predicted octanol–water partition coefficient (Wildman–Crippen LogP) is 1.38. The third kappa shape index (κ3) is 16.7. The normalized spacial score (nSPS) is 14.3. The smallest absolute Gasteiger partial charge is 0.748 e. The van der Waals surface area contributed by atoms with Crippen molar-refractivity contribution in [2.24, 2.45) is 0 Å². The third-order valence-corrected chi connectivity index (χ3v) is 5.51. The Bertz CT molecular complexity index is 347. The van der Waals surface area contributed by atoms with Gasteiger partial charge in [-0.1, -0.05) is 71.6 Å². The zero-order chi connectivity index (χ0) is 16.8. The molecule has 6 heteroatoms. The van der Waals surface area contributed by atoms with Crippen molar-refractivity contribution < 1.29 is 69.5 Å². The van der Waals surface area contributed by atoms with Crippen molar-refractivity contribution in [3.63, 3.8) is 0 Å². The van der Waals surface area contributed by atoms with Crippen LogP contribution in [0.4, 0.5) is 0 Å². The maximum Gasteiger partial charge on any atom is 1.00 e. The summed E-state index contributed by atoms with van der Waals surface area (Å²) in [6.07, 6.45) is 11.4. The first-order valence-corrected chi connectivity index (χ1v) is 10.5. The minimum Gasteiger partial charge on any atom is -0.748 e. The molecule has 0 aromatic heterocycles. The first-order valence-electron chi connectivity index (χ1n) is 9.04. The number of hydrogen-bond acceptors (Lipinski definition) is 4. The molecule has 0 radical (unpaired) electrons. The number of unbranched alkanes of at least 4 members (excludes halogenated alkanes) is 6. The molecule has 0 spiro atoms. The van der Waals surface area contributed by atoms with Gasteiger partial charge in [0.15, 0.2) is 0 Å². The van der Waals surface area contributed by atoms with Crippen LogP contribution in [0.25, 0.3) is 0 Å². The van der Waals surface area contributed by atoms with Crippen LogP contribution in [0.15, 0.2) is 0 Å². The van der Waals surface area contributed by atoms with E-state index >= 15 is 0 Å². The fourth-order valence-corrected chi connectivity index (χ4v) is 3.73. The SMILES string of the molecule is CCCCCC(CCCCCCCC(O)CCC)S(=O)(=O)[O-].[K+]. The largest absolute Gasteiger partial charge is 1.00 e. The molecule has 0 saturated carbocycles. The summed E-state index contributed by atoms with van der Waals surface area (Å²) in [7, 11) is -4.14. The van der Waals surface area contributed by atoms with E-state index in [-0.39, 0.29) is 57.5 Å². The molecule has 0 bridgehead atoms. The van der Waals surface area contributed by atoms with E-state index in [1.54, 1.807) is 0 Å². The van der Waals surface area contributed by atoms with Gasteiger partial charge in [0.2, 0.25) is 0 Å². The Labute approximate surface area is 186 Å². The molecule has 2 atom stereocenters. The molecular weight excluding hydrogens is 339 g/mol. The van der Waals surface area contributed by atoms with E-state index in [2.05, 4.69) is 13.8 Å². The molecule has 0 aliphatic rings. The summed E-state index contributed by atoms with van der Waals surface area (Å²) in [6, 6.07) is 0. The molecule has 0 rings (SSSR count). The number of aliphatic hydroxyl groups excluding tert-OH is 1. The standard InChI is InChI=1S/C17H36O4S.K/c1-3-5-9-14-17(22(19,20)21)15-11-8-6-7-10-13-16(18)12-4-2;/h16-18H,3-15H2,1-2H3,(H,19,20,21);/q;+1/p-1. The van der Waals surface area contributed by atoms with Crippen LogP contribution in [0, 0.1) is 0 Å². The van der Waals surface area contributed by atoms with E-state index in [1.807, 2.05) is 0 Å². The van der Waals surface area contributed by atoms with Crippen LogP contribution in [0.5, 0.6) is 0 Å². The van der Waals surface area contributed by atoms with Crippen molar-refractivity contribution >= 4 is 10.1 Å². The zero-order valence-electron chi connectivity index (χ0n) is 15.4. The van der Waals surface area contributed by atoms with E-state index < -0.39 is 15.4 Å². The Morgan fingerprint density at radius 1 is 0.783 bits per heavy atom. The van der Waals surface area contributed by atoms with Gasteiger partial charge < -0.3 is 9.66 Å². The molecule has 23 heavy (non-hydrogen) atoms. The van der Waals surface area contributed by atoms with E-state index in [0.29, 0.717) is 12.8 Å². The van der Waals surface area contributed by atoms with Crippen molar-refractivity contribution in [1.82, 2.24) is 0 Å². The Morgan fingerprint density at radius 2 is 1.26 bits per heavy atom. The second-order valence-electron chi connectivity index (χ2n) is 6.40. The fraction of sp³-hybridized carbons (Fsp3) is 1.00. The molecule has 134 valence electrons. The van der Waals surface area contributed by atoms with Gasteiger partial charge >= 0.3 is 51.4 Å². The number of aliphatic hydroxyl groups is 1. The molecule has 0 amide bonds. The van der Waals surface area contributed by atoms with Crippen LogP contribution in [0.1, 0.15) is 97.3 Å². The predicted molar refractivity (Wildman–Crippen MR) is 90.9 cm³/mol. The summed E-state index contributed by atoms with van der Waals surface area (Å²) < 4.78 is 33.7. The first kappa shape index (κ1) is 26.7. The van der Waals surface area contributed by atoms with Crippen molar-refractivity contribution in [2.45, 2.75) is 109 Å². The van der Waals surface area contributed by atoms with E-state index in [9.17, 15) is 18.1 Å². The van der Waals surface area contributed by atoms with Crippen LogP contribution < -0.4 is 51.4 Å². The second-order valence-corrected chi connectivity index (χ2v) is 8.05. The van der Waals surface area contributed by atoms with Crippen LogP contribution >= 0.6 is 0 Å². The van der Waals surface area contributed by atoms with E-state index in [1.165, 1.54) is 0 Å². The molecule has 0 aromatic rings. The van der Waals surface area contributed by atoms with Gasteiger partial charge in [0, 0.05) is 5.25 Å². The summed E-state index contributed by atoms with van der Waals surface area (Å²) in [5.74, 6) is 0. The second kappa shape index (κ2) is 16.9. The van der Waals surface area contributed by atoms with Gasteiger partial charge in [0.05, 0.1) is 16.2 Å². The Kier molecular flexibility index (Phi) is 19.7. The van der Waals surface area contributed by atoms with Gasteiger partial charge in [0.25, 0.3) is 0 Å². The molecule has 0 saturated heterocycles. The summed E-state index contributed by atoms with van der Waals surface area (Å²) in [6.45, 7) is 4.14. The average Bonchev–Trinajstić information content (AvgIpc) is 2.43. The van der Waals surface area contributed by atoms with Crippen molar-refractivity contribution in [2.75, 3.05) is 0 Å². The summed E-state index contributed by atoms with van der Waals surface area (Å²) in [5.41, 5.74) is 0. The van der Waals surface area contributed by atoms with Crippen LogP contribution in [0.3, 0.4) is 0 Å².